The lowest BCUT2D eigenvalue weighted by molar-refractivity contribution is -0.362. The molecule has 0 aromatic heterocycles. The lowest BCUT2D eigenvalue weighted by Crippen LogP contribution is -2.51. The minimum atomic E-state index is -3.06. The van der Waals surface area contributed by atoms with Crippen molar-refractivity contribution in [2.75, 3.05) is 6.61 Å². The summed E-state index contributed by atoms with van der Waals surface area (Å²) in [6.07, 6.45) is -1.32. The average Bonchev–Trinajstić information content (AvgIpc) is 2.22. The summed E-state index contributed by atoms with van der Waals surface area (Å²) >= 11 is 0. The van der Waals surface area contributed by atoms with Crippen LogP contribution in [0.15, 0.2) is 0 Å². The standard InChI is InChI=1S/C11H18O8/c1-4-5-10(14)19-11(15,16)9(18-8(3)13)6-17-7(2)12/h9,15-16H,4-6H2,1-3H3. The quantitative estimate of drug-likeness (QED) is 0.362. The molecule has 0 aromatic rings. The summed E-state index contributed by atoms with van der Waals surface area (Å²) in [6.45, 7) is 3.15. The van der Waals surface area contributed by atoms with Crippen LogP contribution < -0.4 is 0 Å². The molecule has 0 saturated heterocycles. The van der Waals surface area contributed by atoms with Gasteiger partial charge in [0.25, 0.3) is 0 Å². The zero-order valence-electron chi connectivity index (χ0n) is 11.0. The monoisotopic (exact) mass is 278 g/mol. The van der Waals surface area contributed by atoms with E-state index < -0.39 is 36.6 Å². The Hall–Kier alpha value is -1.67. The van der Waals surface area contributed by atoms with Gasteiger partial charge < -0.3 is 24.4 Å². The summed E-state index contributed by atoms with van der Waals surface area (Å²) in [5.41, 5.74) is 0. The van der Waals surface area contributed by atoms with Gasteiger partial charge in [0.1, 0.15) is 6.61 Å². The van der Waals surface area contributed by atoms with E-state index >= 15 is 0 Å². The molecule has 0 aliphatic carbocycles. The van der Waals surface area contributed by atoms with Crippen molar-refractivity contribution in [3.8, 4) is 0 Å². The van der Waals surface area contributed by atoms with Gasteiger partial charge in [0.2, 0.25) is 6.10 Å². The summed E-state index contributed by atoms with van der Waals surface area (Å²) in [5, 5.41) is 19.2. The lowest BCUT2D eigenvalue weighted by atomic mass is 10.3. The van der Waals surface area contributed by atoms with E-state index in [2.05, 4.69) is 14.2 Å². The van der Waals surface area contributed by atoms with Crippen LogP contribution in [-0.2, 0) is 28.6 Å². The van der Waals surface area contributed by atoms with Gasteiger partial charge in [-0.3, -0.25) is 14.4 Å². The van der Waals surface area contributed by atoms with Crippen LogP contribution in [0.5, 0.6) is 0 Å². The lowest BCUT2D eigenvalue weighted by Gasteiger charge is -2.28. The molecule has 0 aliphatic rings. The predicted octanol–water partition coefficient (Wildman–Crippen LogP) is -0.537. The van der Waals surface area contributed by atoms with Crippen molar-refractivity contribution in [1.29, 1.82) is 0 Å². The maximum absolute atomic E-state index is 11.2. The van der Waals surface area contributed by atoms with Crippen LogP contribution in [0.4, 0.5) is 0 Å². The van der Waals surface area contributed by atoms with E-state index in [9.17, 15) is 24.6 Å². The SMILES string of the molecule is CCCC(=O)OC(O)(O)C(COC(C)=O)OC(C)=O. The van der Waals surface area contributed by atoms with Crippen LogP contribution in [0, 0.1) is 0 Å². The second kappa shape index (κ2) is 7.70. The van der Waals surface area contributed by atoms with Crippen LogP contribution in [0.25, 0.3) is 0 Å². The van der Waals surface area contributed by atoms with Crippen molar-refractivity contribution in [2.24, 2.45) is 0 Å². The van der Waals surface area contributed by atoms with E-state index in [1.165, 1.54) is 0 Å². The molecule has 8 heteroatoms. The zero-order valence-corrected chi connectivity index (χ0v) is 11.0. The number of hydrogen-bond acceptors (Lipinski definition) is 8. The fourth-order valence-electron chi connectivity index (χ4n) is 1.10. The minimum absolute atomic E-state index is 0.0385. The Bertz CT molecular complexity index is 336. The fraction of sp³-hybridized carbons (Fsp3) is 0.727. The molecule has 0 bridgehead atoms. The van der Waals surface area contributed by atoms with Crippen molar-refractivity contribution in [1.82, 2.24) is 0 Å². The summed E-state index contributed by atoms with van der Waals surface area (Å²) < 4.78 is 13.4. The molecular weight excluding hydrogens is 260 g/mol. The van der Waals surface area contributed by atoms with Gasteiger partial charge in [0.15, 0.2) is 0 Å². The Morgan fingerprint density at radius 1 is 1.16 bits per heavy atom. The van der Waals surface area contributed by atoms with Crippen LogP contribution >= 0.6 is 0 Å². The van der Waals surface area contributed by atoms with Gasteiger partial charge in [-0.2, -0.15) is 0 Å². The van der Waals surface area contributed by atoms with E-state index in [-0.39, 0.29) is 6.42 Å². The first-order valence-corrected chi connectivity index (χ1v) is 5.66. The highest BCUT2D eigenvalue weighted by Gasteiger charge is 2.42. The Morgan fingerprint density at radius 2 is 1.74 bits per heavy atom. The zero-order chi connectivity index (χ0) is 15.1. The molecule has 0 radical (unpaired) electrons. The molecule has 0 aliphatic heterocycles. The number of rotatable bonds is 7. The molecule has 0 aromatic carbocycles. The largest absolute Gasteiger partial charge is 0.462 e. The van der Waals surface area contributed by atoms with Gasteiger partial charge in [-0.15, -0.1) is 0 Å². The van der Waals surface area contributed by atoms with E-state index in [1.54, 1.807) is 6.92 Å². The average molecular weight is 278 g/mol. The second-order valence-electron chi connectivity index (χ2n) is 3.78. The maximum atomic E-state index is 11.2. The van der Waals surface area contributed by atoms with Gasteiger partial charge in [-0.05, 0) is 6.42 Å². The van der Waals surface area contributed by atoms with E-state index in [0.29, 0.717) is 6.42 Å². The topological polar surface area (TPSA) is 119 Å². The molecule has 0 spiro atoms. The number of carbonyl (C=O) groups excluding carboxylic acids is 3. The van der Waals surface area contributed by atoms with Gasteiger partial charge in [-0.25, -0.2) is 0 Å². The normalized spacial score (nSPS) is 12.5. The number of carbonyl (C=O) groups is 3. The molecule has 2 N–H and O–H groups in total. The van der Waals surface area contributed by atoms with Crippen molar-refractivity contribution in [2.45, 2.75) is 45.7 Å². The van der Waals surface area contributed by atoms with Crippen LogP contribution in [-0.4, -0.2) is 46.8 Å². The highest BCUT2D eigenvalue weighted by atomic mass is 16.8. The molecule has 0 heterocycles. The van der Waals surface area contributed by atoms with Gasteiger partial charge in [0.05, 0.1) is 0 Å². The predicted molar refractivity (Wildman–Crippen MR) is 60.4 cm³/mol. The third-order valence-corrected chi connectivity index (χ3v) is 1.88. The Labute approximate surface area is 110 Å². The van der Waals surface area contributed by atoms with E-state index in [4.69, 9.17) is 0 Å². The summed E-state index contributed by atoms with van der Waals surface area (Å²) in [5.74, 6) is -5.51. The van der Waals surface area contributed by atoms with Crippen molar-refractivity contribution in [3.05, 3.63) is 0 Å². The number of hydrogen-bond donors (Lipinski definition) is 2. The molecule has 8 nitrogen and oxygen atoms in total. The molecule has 19 heavy (non-hydrogen) atoms. The highest BCUT2D eigenvalue weighted by Crippen LogP contribution is 2.15. The third-order valence-electron chi connectivity index (χ3n) is 1.88. The first kappa shape index (κ1) is 17.3. The fourth-order valence-corrected chi connectivity index (χ4v) is 1.10. The Morgan fingerprint density at radius 3 is 2.16 bits per heavy atom. The van der Waals surface area contributed by atoms with Gasteiger partial charge >= 0.3 is 23.9 Å². The molecule has 110 valence electrons. The van der Waals surface area contributed by atoms with Crippen molar-refractivity contribution in [3.63, 3.8) is 0 Å². The molecule has 1 unspecified atom stereocenters. The molecular formula is C11H18O8. The molecule has 0 amide bonds. The second-order valence-corrected chi connectivity index (χ2v) is 3.78. The van der Waals surface area contributed by atoms with Gasteiger partial charge in [-0.1, -0.05) is 6.92 Å². The van der Waals surface area contributed by atoms with E-state index in [0.717, 1.165) is 13.8 Å². The van der Waals surface area contributed by atoms with E-state index in [1.807, 2.05) is 0 Å². The summed E-state index contributed by atoms with van der Waals surface area (Å²) in [7, 11) is 0. The van der Waals surface area contributed by atoms with Crippen molar-refractivity contribution < 1.29 is 38.8 Å². The van der Waals surface area contributed by atoms with Gasteiger partial charge in [0, 0.05) is 20.3 Å². The van der Waals surface area contributed by atoms with Crippen molar-refractivity contribution >= 4 is 17.9 Å². The molecule has 0 fully saturated rings. The summed E-state index contributed by atoms with van der Waals surface area (Å²) in [4.78, 5) is 32.7. The molecule has 0 saturated carbocycles. The Kier molecular flexibility index (Phi) is 7.02. The Balaban J connectivity index is 4.73. The first-order chi connectivity index (χ1) is 8.69. The minimum Gasteiger partial charge on any atom is -0.462 e. The third kappa shape index (κ3) is 7.37. The smallest absolute Gasteiger partial charge is 0.367 e. The molecule has 1 atom stereocenters. The first-order valence-electron chi connectivity index (χ1n) is 5.66. The van der Waals surface area contributed by atoms with Crippen LogP contribution in [0.1, 0.15) is 33.6 Å². The molecule has 0 rings (SSSR count). The number of aliphatic hydroxyl groups is 2. The maximum Gasteiger partial charge on any atom is 0.367 e. The van der Waals surface area contributed by atoms with Crippen LogP contribution in [0.2, 0.25) is 0 Å². The highest BCUT2D eigenvalue weighted by molar-refractivity contribution is 5.70. The van der Waals surface area contributed by atoms with Crippen LogP contribution in [0.3, 0.4) is 0 Å². The summed E-state index contributed by atoms with van der Waals surface area (Å²) in [6, 6.07) is 0. The number of esters is 3. The number of ether oxygens (including phenoxy) is 3.